The number of fused-ring (bicyclic) bond motifs is 1. The molecule has 1 aliphatic rings. The Labute approximate surface area is 145 Å². The van der Waals surface area contributed by atoms with E-state index in [1.165, 1.54) is 12.3 Å². The second-order valence-corrected chi connectivity index (χ2v) is 5.45. The third-order valence-electron chi connectivity index (χ3n) is 3.77. The summed E-state index contributed by atoms with van der Waals surface area (Å²) in [5, 5.41) is 20.9. The number of nitrogens with zero attached hydrogens (tertiary/aromatic N) is 1. The van der Waals surface area contributed by atoms with Crippen LogP contribution in [-0.4, -0.2) is 36.8 Å². The van der Waals surface area contributed by atoms with E-state index in [0.29, 0.717) is 28.1 Å². The van der Waals surface area contributed by atoms with Gasteiger partial charge in [0.15, 0.2) is 0 Å². The van der Waals surface area contributed by atoms with Gasteiger partial charge in [0.2, 0.25) is 5.91 Å². The molecule has 130 valence electrons. The molecule has 0 aliphatic carbocycles. The van der Waals surface area contributed by atoms with Gasteiger partial charge in [-0.15, -0.1) is 0 Å². The molecular formula is C17H21N7O. The minimum atomic E-state index is -0.465. The molecule has 25 heavy (non-hydrogen) atoms. The number of hydrogen-bond donors (Lipinski definition) is 6. The molecule has 1 heterocycles. The largest absolute Gasteiger partial charge is 0.398 e. The summed E-state index contributed by atoms with van der Waals surface area (Å²) in [6.45, 7) is 1.70. The molecule has 0 saturated heterocycles. The van der Waals surface area contributed by atoms with E-state index in [2.05, 4.69) is 15.6 Å². The summed E-state index contributed by atoms with van der Waals surface area (Å²) in [5.74, 6) is 0.00839. The van der Waals surface area contributed by atoms with E-state index in [9.17, 15) is 4.79 Å². The van der Waals surface area contributed by atoms with Crippen LogP contribution >= 0.6 is 0 Å². The molecule has 8 heteroatoms. The number of nitrogens with two attached hydrogens (primary N) is 2. The molecule has 1 amide bonds. The van der Waals surface area contributed by atoms with Crippen molar-refractivity contribution in [2.75, 3.05) is 7.05 Å². The van der Waals surface area contributed by atoms with Gasteiger partial charge in [0.1, 0.15) is 11.9 Å². The zero-order valence-electron chi connectivity index (χ0n) is 14.1. The molecule has 1 aliphatic heterocycles. The second kappa shape index (κ2) is 7.43. The van der Waals surface area contributed by atoms with Crippen LogP contribution in [0.4, 0.5) is 5.69 Å². The maximum Gasteiger partial charge on any atom is 0.241 e. The van der Waals surface area contributed by atoms with Crippen molar-refractivity contribution in [2.24, 2.45) is 16.5 Å². The summed E-state index contributed by atoms with van der Waals surface area (Å²) < 4.78 is 0. The molecule has 1 aromatic rings. The first-order chi connectivity index (χ1) is 11.9. The average molecular weight is 339 g/mol. The minimum Gasteiger partial charge on any atom is -0.398 e. The smallest absolute Gasteiger partial charge is 0.241 e. The third-order valence-corrected chi connectivity index (χ3v) is 3.77. The van der Waals surface area contributed by atoms with Gasteiger partial charge in [-0.1, -0.05) is 6.07 Å². The van der Waals surface area contributed by atoms with Crippen molar-refractivity contribution in [3.05, 3.63) is 47.2 Å². The molecule has 0 spiro atoms. The molecule has 1 aromatic carbocycles. The summed E-state index contributed by atoms with van der Waals surface area (Å²) in [6, 6.07) is 4.76. The van der Waals surface area contributed by atoms with Crippen molar-refractivity contribution in [2.45, 2.75) is 13.0 Å². The van der Waals surface area contributed by atoms with Gasteiger partial charge in [0.05, 0.1) is 17.0 Å². The molecule has 0 bridgehead atoms. The number of aliphatic imine (C=N–C) groups is 1. The van der Waals surface area contributed by atoms with E-state index in [-0.39, 0.29) is 17.5 Å². The first-order valence-corrected chi connectivity index (χ1v) is 7.61. The number of nitrogens with one attached hydrogen (secondary N) is 4. The number of benzene rings is 1. The summed E-state index contributed by atoms with van der Waals surface area (Å²) in [5.41, 5.74) is 14.8. The van der Waals surface area contributed by atoms with Gasteiger partial charge < -0.3 is 27.5 Å². The van der Waals surface area contributed by atoms with Crippen LogP contribution in [0.25, 0.3) is 5.70 Å². The molecule has 0 aromatic heterocycles. The highest BCUT2D eigenvalue weighted by atomic mass is 16.2. The maximum atomic E-state index is 11.5. The van der Waals surface area contributed by atoms with Gasteiger partial charge >= 0.3 is 0 Å². The normalized spacial score (nSPS) is 16.7. The van der Waals surface area contributed by atoms with E-state index in [1.807, 2.05) is 0 Å². The molecule has 8 nitrogen and oxygen atoms in total. The van der Waals surface area contributed by atoms with Crippen molar-refractivity contribution in [1.82, 2.24) is 10.6 Å². The quantitative estimate of drug-likeness (QED) is 0.435. The van der Waals surface area contributed by atoms with E-state index in [4.69, 9.17) is 22.3 Å². The maximum absolute atomic E-state index is 11.5. The summed E-state index contributed by atoms with van der Waals surface area (Å²) in [7, 11) is 1.55. The third kappa shape index (κ3) is 3.74. The Morgan fingerprint density at radius 2 is 2.12 bits per heavy atom. The Bertz CT molecular complexity index is 820. The second-order valence-electron chi connectivity index (χ2n) is 5.45. The molecule has 0 saturated carbocycles. The Morgan fingerprint density at radius 3 is 2.76 bits per heavy atom. The van der Waals surface area contributed by atoms with Crippen molar-refractivity contribution in [3.63, 3.8) is 0 Å². The fourth-order valence-electron chi connectivity index (χ4n) is 2.31. The topological polar surface area (TPSA) is 153 Å². The highest BCUT2D eigenvalue weighted by Crippen LogP contribution is 2.29. The van der Waals surface area contributed by atoms with Crippen molar-refractivity contribution < 1.29 is 4.79 Å². The molecule has 1 unspecified atom stereocenters. The SMILES string of the molecule is CNC(=O)C(C)N/C=C1\C(=N)c2ccc(/C(N)=C/C=N)cc2N=C1N. The first-order valence-electron chi connectivity index (χ1n) is 7.61. The highest BCUT2D eigenvalue weighted by Gasteiger charge is 2.22. The van der Waals surface area contributed by atoms with Crippen LogP contribution in [-0.2, 0) is 4.79 Å². The Balaban J connectivity index is 2.35. The number of amidine groups is 1. The lowest BCUT2D eigenvalue weighted by molar-refractivity contribution is -0.122. The average Bonchev–Trinajstić information content (AvgIpc) is 2.60. The number of likely N-dealkylation sites (N-methyl/N-ethyl adjacent to an activating group) is 1. The van der Waals surface area contributed by atoms with Gasteiger partial charge in [-0.3, -0.25) is 10.2 Å². The molecule has 0 fully saturated rings. The number of amides is 1. The predicted molar refractivity (Wildman–Crippen MR) is 100 cm³/mol. The molecule has 0 radical (unpaired) electrons. The van der Waals surface area contributed by atoms with Gasteiger partial charge in [-0.25, -0.2) is 4.99 Å². The van der Waals surface area contributed by atoms with E-state index in [0.717, 1.165) is 6.21 Å². The lowest BCUT2D eigenvalue weighted by atomic mass is 9.95. The number of allylic oxidation sites excluding steroid dienone is 1. The number of hydrogen-bond acceptors (Lipinski definition) is 7. The number of carbonyl (C=O) groups is 1. The molecule has 1 atom stereocenters. The Morgan fingerprint density at radius 1 is 1.40 bits per heavy atom. The zero-order chi connectivity index (χ0) is 18.6. The molecule has 2 rings (SSSR count). The van der Waals surface area contributed by atoms with Crippen LogP contribution in [0.3, 0.4) is 0 Å². The Kier molecular flexibility index (Phi) is 5.33. The van der Waals surface area contributed by atoms with Crippen LogP contribution < -0.4 is 22.1 Å². The van der Waals surface area contributed by atoms with Gasteiger partial charge in [0.25, 0.3) is 0 Å². The van der Waals surface area contributed by atoms with Crippen LogP contribution in [0.1, 0.15) is 18.1 Å². The summed E-state index contributed by atoms with van der Waals surface area (Å²) >= 11 is 0. The van der Waals surface area contributed by atoms with Gasteiger partial charge in [-0.05, 0) is 30.7 Å². The van der Waals surface area contributed by atoms with E-state index >= 15 is 0 Å². The van der Waals surface area contributed by atoms with Crippen LogP contribution in [0.5, 0.6) is 0 Å². The fourth-order valence-corrected chi connectivity index (χ4v) is 2.31. The predicted octanol–water partition coefficient (Wildman–Crippen LogP) is 0.614. The van der Waals surface area contributed by atoms with Crippen molar-refractivity contribution >= 4 is 35.1 Å². The molecular weight excluding hydrogens is 318 g/mol. The number of rotatable bonds is 5. The van der Waals surface area contributed by atoms with E-state index in [1.54, 1.807) is 32.2 Å². The van der Waals surface area contributed by atoms with Crippen molar-refractivity contribution in [1.29, 1.82) is 10.8 Å². The standard InChI is InChI=1S/C17H21N7O/c1-9(17(25)22-2)23-8-12-15(20)11-4-3-10(13(19)5-6-18)7-14(11)24-16(12)21/h3-9,18,20,23H,19H2,1-2H3,(H2,21,24)(H,22,25)/b12-8+,13-5-,18-6?,20-15?. The van der Waals surface area contributed by atoms with Crippen LogP contribution in [0.15, 0.2) is 41.0 Å². The summed E-state index contributed by atoms with van der Waals surface area (Å²) in [4.78, 5) is 15.9. The Hall–Kier alpha value is -3.42. The minimum absolute atomic E-state index is 0.173. The highest BCUT2D eigenvalue weighted by molar-refractivity contribution is 6.32. The monoisotopic (exact) mass is 339 g/mol. The molecule has 8 N–H and O–H groups in total. The van der Waals surface area contributed by atoms with Crippen molar-refractivity contribution in [3.8, 4) is 0 Å². The first kappa shape index (κ1) is 17.9. The lowest BCUT2D eigenvalue weighted by Crippen LogP contribution is -2.39. The van der Waals surface area contributed by atoms with Crippen LogP contribution in [0, 0.1) is 10.8 Å². The van der Waals surface area contributed by atoms with Crippen LogP contribution in [0.2, 0.25) is 0 Å². The van der Waals surface area contributed by atoms with Gasteiger partial charge in [0, 0.05) is 30.7 Å². The number of carbonyl (C=O) groups excluding carboxylic acids is 1. The zero-order valence-corrected chi connectivity index (χ0v) is 14.1. The summed E-state index contributed by atoms with van der Waals surface area (Å²) in [6.07, 6.45) is 4.11. The lowest BCUT2D eigenvalue weighted by Gasteiger charge is -2.19. The fraction of sp³-hybridized carbons (Fsp3) is 0.176. The van der Waals surface area contributed by atoms with Gasteiger partial charge in [-0.2, -0.15) is 0 Å². The van der Waals surface area contributed by atoms with E-state index < -0.39 is 6.04 Å².